The molecule has 1 saturated heterocycles. The van der Waals surface area contributed by atoms with Crippen LogP contribution in [0, 0.1) is 5.92 Å². The minimum absolute atomic E-state index is 0.106. The summed E-state index contributed by atoms with van der Waals surface area (Å²) in [5.74, 6) is 0.672. The second kappa shape index (κ2) is 10.2. The van der Waals surface area contributed by atoms with Crippen LogP contribution in [-0.2, 0) is 9.47 Å². The number of phenols is 1. The maximum absolute atomic E-state index is 10.0. The summed E-state index contributed by atoms with van der Waals surface area (Å²) in [5.41, 5.74) is 21.6. The zero-order valence-corrected chi connectivity index (χ0v) is 18.1. The van der Waals surface area contributed by atoms with E-state index < -0.39 is 0 Å². The Morgan fingerprint density at radius 3 is 2.16 bits per heavy atom. The second-order valence-electron chi connectivity index (χ2n) is 7.70. The fourth-order valence-corrected chi connectivity index (χ4v) is 4.05. The summed E-state index contributed by atoms with van der Waals surface area (Å²) >= 11 is 0. The predicted octanol–water partition coefficient (Wildman–Crippen LogP) is 2.81. The number of nitrogens with two attached hydrogens (primary N) is 3. The molecule has 0 amide bonds. The number of phenolic OH excluding ortho intramolecular Hbond substituents is 1. The maximum Gasteiger partial charge on any atom is 0.159 e. The summed E-state index contributed by atoms with van der Waals surface area (Å²) in [5, 5.41) is 10.0. The van der Waals surface area contributed by atoms with E-state index in [1.807, 2.05) is 18.2 Å². The maximum atomic E-state index is 10.0. The molecule has 0 saturated carbocycles. The number of para-hydroxylation sites is 1. The Labute approximate surface area is 183 Å². The van der Waals surface area contributed by atoms with Crippen molar-refractivity contribution in [3.8, 4) is 5.75 Å². The molecule has 0 aliphatic carbocycles. The number of aromatic hydroxyl groups is 1. The van der Waals surface area contributed by atoms with Gasteiger partial charge < -0.3 is 36.7 Å². The molecule has 0 radical (unpaired) electrons. The second-order valence-corrected chi connectivity index (χ2v) is 7.70. The van der Waals surface area contributed by atoms with E-state index in [1.165, 1.54) is 0 Å². The number of ether oxygens (including phenoxy) is 2. The van der Waals surface area contributed by atoms with Crippen LogP contribution in [-0.4, -0.2) is 38.7 Å². The molecule has 0 unspecified atom stereocenters. The van der Waals surface area contributed by atoms with Gasteiger partial charge in [0.2, 0.25) is 0 Å². The monoisotopic (exact) mass is 424 g/mol. The van der Waals surface area contributed by atoms with Crippen molar-refractivity contribution in [1.29, 1.82) is 0 Å². The van der Waals surface area contributed by atoms with Gasteiger partial charge in [-0.15, -0.1) is 0 Å². The van der Waals surface area contributed by atoms with Crippen molar-refractivity contribution in [2.24, 2.45) is 23.1 Å². The lowest BCUT2D eigenvalue weighted by Crippen LogP contribution is -2.39. The van der Waals surface area contributed by atoms with Gasteiger partial charge in [0, 0.05) is 55.7 Å². The Morgan fingerprint density at radius 2 is 1.61 bits per heavy atom. The number of anilines is 1. The first-order chi connectivity index (χ1) is 14.9. The van der Waals surface area contributed by atoms with E-state index in [1.54, 1.807) is 38.5 Å². The van der Waals surface area contributed by atoms with E-state index in [2.05, 4.69) is 17.0 Å². The van der Waals surface area contributed by atoms with Crippen molar-refractivity contribution in [3.05, 3.63) is 71.6 Å². The average molecular weight is 425 g/mol. The normalized spacial score (nSPS) is 15.3. The van der Waals surface area contributed by atoms with E-state index in [-0.39, 0.29) is 17.9 Å². The van der Waals surface area contributed by atoms with Gasteiger partial charge in [0.1, 0.15) is 11.6 Å². The van der Waals surface area contributed by atoms with Crippen LogP contribution in [0.3, 0.4) is 0 Å². The average Bonchev–Trinajstić information content (AvgIpc) is 2.79. The number of hydrogen-bond acceptors (Lipinski definition) is 7. The van der Waals surface area contributed by atoms with Gasteiger partial charge in [0.25, 0.3) is 0 Å². The third kappa shape index (κ3) is 5.31. The Balaban J connectivity index is 1.75. The highest BCUT2D eigenvalue weighted by Crippen LogP contribution is 2.29. The van der Waals surface area contributed by atoms with Gasteiger partial charge in [-0.3, -0.25) is 0 Å². The van der Waals surface area contributed by atoms with Crippen molar-refractivity contribution in [2.75, 3.05) is 32.2 Å². The SMILES string of the molecule is COC(OC)C1CCN(c2ccc(C(/C=C(\N)c3ccccc3O)=C(N)N)cc2)CC1. The molecular weight excluding hydrogens is 392 g/mol. The Bertz CT molecular complexity index is 924. The summed E-state index contributed by atoms with van der Waals surface area (Å²) in [6.07, 6.45) is 3.57. The van der Waals surface area contributed by atoms with Gasteiger partial charge >= 0.3 is 0 Å². The molecule has 1 heterocycles. The standard InChI is InChI=1S/C24H32N4O3/c1-30-24(31-2)17-11-13-28(14-12-17)18-9-7-16(8-10-18)20(23(26)27)15-21(25)19-5-3-4-6-22(19)29/h3-10,15,17,24,29H,11-14,25-27H2,1-2H3/b21-15-. The molecule has 166 valence electrons. The number of benzene rings is 2. The summed E-state index contributed by atoms with van der Waals surface area (Å²) in [4.78, 5) is 2.35. The lowest BCUT2D eigenvalue weighted by molar-refractivity contribution is -0.141. The molecule has 0 aromatic heterocycles. The first-order valence-electron chi connectivity index (χ1n) is 10.4. The highest BCUT2D eigenvalue weighted by Gasteiger charge is 2.26. The highest BCUT2D eigenvalue weighted by atomic mass is 16.7. The predicted molar refractivity (Wildman–Crippen MR) is 125 cm³/mol. The quantitative estimate of drug-likeness (QED) is 0.398. The van der Waals surface area contributed by atoms with Crippen molar-refractivity contribution in [3.63, 3.8) is 0 Å². The summed E-state index contributed by atoms with van der Waals surface area (Å²) in [6.45, 7) is 1.88. The van der Waals surface area contributed by atoms with Gasteiger partial charge in [-0.1, -0.05) is 24.3 Å². The van der Waals surface area contributed by atoms with Gasteiger partial charge in [-0.2, -0.15) is 0 Å². The molecule has 0 bridgehead atoms. The van der Waals surface area contributed by atoms with E-state index >= 15 is 0 Å². The van der Waals surface area contributed by atoms with Crippen LogP contribution < -0.4 is 22.1 Å². The molecule has 1 aliphatic rings. The zero-order valence-electron chi connectivity index (χ0n) is 18.1. The van der Waals surface area contributed by atoms with Crippen molar-refractivity contribution < 1.29 is 14.6 Å². The minimum Gasteiger partial charge on any atom is -0.507 e. The van der Waals surface area contributed by atoms with Crippen LogP contribution in [0.1, 0.15) is 24.0 Å². The molecule has 1 fully saturated rings. The molecule has 2 aromatic rings. The van der Waals surface area contributed by atoms with E-state index in [9.17, 15) is 5.11 Å². The fourth-order valence-electron chi connectivity index (χ4n) is 4.05. The number of rotatable bonds is 7. The zero-order chi connectivity index (χ0) is 22.4. The van der Waals surface area contributed by atoms with Gasteiger partial charge in [0.15, 0.2) is 6.29 Å². The van der Waals surface area contributed by atoms with Crippen LogP contribution in [0.4, 0.5) is 5.69 Å². The molecule has 2 aromatic carbocycles. The van der Waals surface area contributed by atoms with Crippen molar-refractivity contribution in [1.82, 2.24) is 0 Å². The van der Waals surface area contributed by atoms with E-state index in [0.29, 0.717) is 22.8 Å². The lowest BCUT2D eigenvalue weighted by atomic mass is 9.95. The Kier molecular flexibility index (Phi) is 7.44. The van der Waals surface area contributed by atoms with E-state index in [0.717, 1.165) is 37.2 Å². The number of allylic oxidation sites excluding steroid dienone is 2. The Hall–Kier alpha value is -3.16. The largest absolute Gasteiger partial charge is 0.507 e. The van der Waals surface area contributed by atoms with Crippen LogP contribution in [0.5, 0.6) is 5.75 Å². The molecule has 3 rings (SSSR count). The lowest BCUT2D eigenvalue weighted by Gasteiger charge is -2.36. The smallest absolute Gasteiger partial charge is 0.159 e. The first kappa shape index (κ1) is 22.5. The first-order valence-corrected chi connectivity index (χ1v) is 10.4. The molecule has 7 N–H and O–H groups in total. The van der Waals surface area contributed by atoms with Crippen LogP contribution in [0.25, 0.3) is 11.3 Å². The summed E-state index contributed by atoms with van der Waals surface area (Å²) in [7, 11) is 3.38. The van der Waals surface area contributed by atoms with Crippen molar-refractivity contribution in [2.45, 2.75) is 19.1 Å². The van der Waals surface area contributed by atoms with Gasteiger partial charge in [-0.25, -0.2) is 0 Å². The molecule has 0 atom stereocenters. The number of piperidine rings is 1. The van der Waals surface area contributed by atoms with Gasteiger partial charge in [-0.05, 0) is 48.7 Å². The van der Waals surface area contributed by atoms with Crippen LogP contribution >= 0.6 is 0 Å². The molecule has 31 heavy (non-hydrogen) atoms. The molecule has 1 aliphatic heterocycles. The Morgan fingerprint density at radius 1 is 1.00 bits per heavy atom. The molecule has 7 nitrogen and oxygen atoms in total. The summed E-state index contributed by atoms with van der Waals surface area (Å²) < 4.78 is 10.8. The molecular formula is C24H32N4O3. The summed E-state index contributed by atoms with van der Waals surface area (Å²) in [6, 6.07) is 15.0. The minimum atomic E-state index is -0.147. The number of hydrogen-bond donors (Lipinski definition) is 4. The van der Waals surface area contributed by atoms with E-state index in [4.69, 9.17) is 26.7 Å². The topological polar surface area (TPSA) is 120 Å². The molecule has 7 heteroatoms. The van der Waals surface area contributed by atoms with Crippen LogP contribution in [0.2, 0.25) is 0 Å². The highest BCUT2D eigenvalue weighted by molar-refractivity contribution is 5.85. The fraction of sp³-hybridized carbons (Fsp3) is 0.333. The van der Waals surface area contributed by atoms with Gasteiger partial charge in [0.05, 0.1) is 0 Å². The number of nitrogens with zero attached hydrogens (tertiary/aromatic N) is 1. The number of methoxy groups -OCH3 is 2. The third-order valence-electron chi connectivity index (χ3n) is 5.76. The third-order valence-corrected chi connectivity index (χ3v) is 5.76. The van der Waals surface area contributed by atoms with Crippen LogP contribution in [0.15, 0.2) is 60.4 Å². The van der Waals surface area contributed by atoms with Crippen molar-refractivity contribution >= 4 is 17.0 Å². The molecule has 0 spiro atoms.